The fourth-order valence-corrected chi connectivity index (χ4v) is 3.20. The van der Waals surface area contributed by atoms with E-state index in [1.165, 1.54) is 6.07 Å². The molecule has 0 spiro atoms. The second-order valence-electron chi connectivity index (χ2n) is 6.06. The topological polar surface area (TPSA) is 49.6 Å². The van der Waals surface area contributed by atoms with Crippen molar-refractivity contribution in [1.82, 2.24) is 24.5 Å². The number of fused-ring (bicyclic) bond motifs is 1. The molecule has 1 aliphatic rings. The van der Waals surface area contributed by atoms with Gasteiger partial charge in [-0.15, -0.1) is 10.2 Å². The van der Waals surface area contributed by atoms with Crippen molar-refractivity contribution in [3.63, 3.8) is 0 Å². The van der Waals surface area contributed by atoms with Gasteiger partial charge < -0.3 is 4.90 Å². The van der Waals surface area contributed by atoms with E-state index in [4.69, 9.17) is 0 Å². The van der Waals surface area contributed by atoms with Crippen molar-refractivity contribution in [2.24, 2.45) is 0 Å². The van der Waals surface area contributed by atoms with Gasteiger partial charge in [-0.05, 0) is 24.1 Å². The van der Waals surface area contributed by atoms with E-state index in [0.29, 0.717) is 0 Å². The van der Waals surface area contributed by atoms with Gasteiger partial charge in [-0.1, -0.05) is 12.1 Å². The molecule has 7 heteroatoms. The Labute approximate surface area is 139 Å². The van der Waals surface area contributed by atoms with E-state index in [0.717, 1.165) is 56.2 Å². The van der Waals surface area contributed by atoms with Crippen molar-refractivity contribution >= 4 is 11.5 Å². The van der Waals surface area contributed by atoms with E-state index >= 15 is 0 Å². The fourth-order valence-electron chi connectivity index (χ4n) is 3.20. The SMILES string of the molecule is Fc1cccc(CN2CCCN(c3nccn4cnnc34)CC2)c1. The molecule has 0 N–H and O–H groups in total. The van der Waals surface area contributed by atoms with Crippen LogP contribution in [-0.4, -0.2) is 50.7 Å². The first-order chi connectivity index (χ1) is 11.8. The van der Waals surface area contributed by atoms with Gasteiger partial charge >= 0.3 is 0 Å². The van der Waals surface area contributed by atoms with Crippen molar-refractivity contribution in [2.45, 2.75) is 13.0 Å². The van der Waals surface area contributed by atoms with Crippen molar-refractivity contribution < 1.29 is 4.39 Å². The molecule has 0 unspecified atom stereocenters. The van der Waals surface area contributed by atoms with E-state index in [9.17, 15) is 4.39 Å². The second kappa shape index (κ2) is 6.52. The molecule has 0 aliphatic carbocycles. The smallest absolute Gasteiger partial charge is 0.203 e. The molecule has 2 aromatic heterocycles. The third kappa shape index (κ3) is 3.07. The number of hydrogen-bond acceptors (Lipinski definition) is 5. The molecule has 3 aromatic rings. The maximum absolute atomic E-state index is 13.4. The van der Waals surface area contributed by atoms with Gasteiger partial charge in [0, 0.05) is 45.1 Å². The molecule has 0 amide bonds. The summed E-state index contributed by atoms with van der Waals surface area (Å²) in [4.78, 5) is 9.12. The first-order valence-electron chi connectivity index (χ1n) is 8.16. The summed E-state index contributed by atoms with van der Waals surface area (Å²) in [5.74, 6) is 0.703. The lowest BCUT2D eigenvalue weighted by molar-refractivity contribution is 0.285. The average molecular weight is 326 g/mol. The first-order valence-corrected chi connectivity index (χ1v) is 8.16. The Bertz CT molecular complexity index is 833. The predicted octanol–water partition coefficient (Wildman–Crippen LogP) is 1.98. The van der Waals surface area contributed by atoms with Crippen molar-refractivity contribution in [2.75, 3.05) is 31.1 Å². The van der Waals surface area contributed by atoms with Gasteiger partial charge in [-0.25, -0.2) is 9.37 Å². The standard InChI is InChI=1S/C17H19FN6/c18-15-4-1-3-14(11-15)12-22-6-2-7-23(10-9-22)16-17-21-20-13-24(17)8-5-19-16/h1,3-5,8,11,13H,2,6-7,9-10,12H2. The van der Waals surface area contributed by atoms with Crippen LogP contribution in [0.3, 0.4) is 0 Å². The Morgan fingerprint density at radius 1 is 1.12 bits per heavy atom. The van der Waals surface area contributed by atoms with Gasteiger partial charge in [-0.2, -0.15) is 0 Å². The summed E-state index contributed by atoms with van der Waals surface area (Å²) in [6, 6.07) is 6.84. The van der Waals surface area contributed by atoms with E-state index < -0.39 is 0 Å². The number of nitrogens with zero attached hydrogens (tertiary/aromatic N) is 6. The van der Waals surface area contributed by atoms with Crippen molar-refractivity contribution in [3.8, 4) is 0 Å². The molecular formula is C17H19FN6. The number of aromatic nitrogens is 4. The van der Waals surface area contributed by atoms with Crippen LogP contribution in [0.5, 0.6) is 0 Å². The molecule has 1 aliphatic heterocycles. The molecule has 0 radical (unpaired) electrons. The van der Waals surface area contributed by atoms with Gasteiger partial charge in [0.15, 0.2) is 5.82 Å². The van der Waals surface area contributed by atoms with Gasteiger partial charge in [0.05, 0.1) is 0 Å². The summed E-state index contributed by atoms with van der Waals surface area (Å²) >= 11 is 0. The molecule has 3 heterocycles. The number of hydrogen-bond donors (Lipinski definition) is 0. The Morgan fingerprint density at radius 3 is 3.00 bits per heavy atom. The van der Waals surface area contributed by atoms with Gasteiger partial charge in [0.2, 0.25) is 5.65 Å². The normalized spacial score (nSPS) is 16.5. The Balaban J connectivity index is 1.47. The second-order valence-corrected chi connectivity index (χ2v) is 6.06. The van der Waals surface area contributed by atoms with Crippen molar-refractivity contribution in [3.05, 3.63) is 54.4 Å². The third-order valence-electron chi connectivity index (χ3n) is 4.38. The van der Waals surface area contributed by atoms with Crippen LogP contribution in [-0.2, 0) is 6.54 Å². The van der Waals surface area contributed by atoms with Gasteiger partial charge in [0.25, 0.3) is 0 Å². The predicted molar refractivity (Wildman–Crippen MR) is 89.3 cm³/mol. The zero-order valence-corrected chi connectivity index (χ0v) is 13.3. The first kappa shape index (κ1) is 15.0. The minimum Gasteiger partial charge on any atom is -0.352 e. The summed E-state index contributed by atoms with van der Waals surface area (Å²) in [5.41, 5.74) is 1.80. The van der Waals surface area contributed by atoms with Crippen LogP contribution in [0.25, 0.3) is 5.65 Å². The van der Waals surface area contributed by atoms with Gasteiger partial charge in [-0.3, -0.25) is 9.30 Å². The maximum Gasteiger partial charge on any atom is 0.203 e. The van der Waals surface area contributed by atoms with Crippen LogP contribution in [0.2, 0.25) is 0 Å². The van der Waals surface area contributed by atoms with E-state index in [-0.39, 0.29) is 5.82 Å². The highest BCUT2D eigenvalue weighted by molar-refractivity contribution is 5.63. The number of rotatable bonds is 3. The molecule has 6 nitrogen and oxygen atoms in total. The zero-order valence-electron chi connectivity index (χ0n) is 13.3. The summed E-state index contributed by atoms with van der Waals surface area (Å²) < 4.78 is 15.2. The largest absolute Gasteiger partial charge is 0.352 e. The van der Waals surface area contributed by atoms with Crippen LogP contribution >= 0.6 is 0 Å². The lowest BCUT2D eigenvalue weighted by atomic mass is 10.2. The highest BCUT2D eigenvalue weighted by Gasteiger charge is 2.19. The lowest BCUT2D eigenvalue weighted by Gasteiger charge is -2.22. The van der Waals surface area contributed by atoms with E-state index in [1.807, 2.05) is 16.7 Å². The fraction of sp³-hybridized carbons (Fsp3) is 0.353. The van der Waals surface area contributed by atoms with E-state index in [2.05, 4.69) is 25.0 Å². The highest BCUT2D eigenvalue weighted by Crippen LogP contribution is 2.19. The minimum absolute atomic E-state index is 0.174. The molecule has 24 heavy (non-hydrogen) atoms. The lowest BCUT2D eigenvalue weighted by Crippen LogP contribution is -2.31. The molecule has 1 fully saturated rings. The Hall–Kier alpha value is -2.54. The molecular weight excluding hydrogens is 307 g/mol. The Kier molecular flexibility index (Phi) is 4.08. The number of benzene rings is 1. The molecule has 4 rings (SSSR count). The van der Waals surface area contributed by atoms with Gasteiger partial charge in [0.1, 0.15) is 12.1 Å². The molecule has 0 bridgehead atoms. The maximum atomic E-state index is 13.4. The molecule has 0 atom stereocenters. The van der Waals surface area contributed by atoms with Crippen LogP contribution in [0.1, 0.15) is 12.0 Å². The van der Waals surface area contributed by atoms with Crippen LogP contribution in [0, 0.1) is 5.82 Å². The number of halogens is 1. The summed E-state index contributed by atoms with van der Waals surface area (Å²) in [7, 11) is 0. The average Bonchev–Trinajstić information content (AvgIpc) is 2.95. The number of anilines is 1. The highest BCUT2D eigenvalue weighted by atomic mass is 19.1. The molecule has 124 valence electrons. The van der Waals surface area contributed by atoms with Crippen LogP contribution in [0.15, 0.2) is 43.0 Å². The third-order valence-corrected chi connectivity index (χ3v) is 4.38. The van der Waals surface area contributed by atoms with Crippen LogP contribution < -0.4 is 4.90 Å². The van der Waals surface area contributed by atoms with Crippen molar-refractivity contribution in [1.29, 1.82) is 0 Å². The van der Waals surface area contributed by atoms with Crippen LogP contribution in [0.4, 0.5) is 10.2 Å². The molecule has 1 saturated heterocycles. The van der Waals surface area contributed by atoms with E-state index in [1.54, 1.807) is 24.7 Å². The summed E-state index contributed by atoms with van der Waals surface area (Å²) in [6.45, 7) is 4.47. The quantitative estimate of drug-likeness (QED) is 0.736. The minimum atomic E-state index is -0.174. The Morgan fingerprint density at radius 2 is 2.08 bits per heavy atom. The zero-order chi connectivity index (χ0) is 16.4. The monoisotopic (exact) mass is 326 g/mol. The summed E-state index contributed by atoms with van der Waals surface area (Å²) in [5, 5.41) is 8.13. The molecule has 1 aromatic carbocycles. The molecule has 0 saturated carbocycles. The summed E-state index contributed by atoms with van der Waals surface area (Å²) in [6.07, 6.45) is 6.36.